The molecule has 1 aromatic heterocycles. The van der Waals surface area contributed by atoms with E-state index in [0.29, 0.717) is 0 Å². The van der Waals surface area contributed by atoms with Crippen LogP contribution < -0.4 is 10.2 Å². The van der Waals surface area contributed by atoms with Gasteiger partial charge in [0.25, 0.3) is 0 Å². The molecular weight excluding hydrogens is 404 g/mol. The van der Waals surface area contributed by atoms with E-state index in [9.17, 15) is 40.5 Å². The molecular formula is C19H18O11. The van der Waals surface area contributed by atoms with Gasteiger partial charge in [-0.25, -0.2) is 0 Å². The lowest BCUT2D eigenvalue weighted by molar-refractivity contribution is -0.277. The van der Waals surface area contributed by atoms with Crippen LogP contribution in [-0.4, -0.2) is 73.1 Å². The van der Waals surface area contributed by atoms with Crippen molar-refractivity contribution in [2.45, 2.75) is 30.7 Å². The Morgan fingerprint density at radius 2 is 1.63 bits per heavy atom. The number of hydrogen-bond acceptors (Lipinski definition) is 11. The number of aliphatic hydroxyl groups is 4. The molecule has 0 amide bonds. The van der Waals surface area contributed by atoms with Crippen LogP contribution in [0.5, 0.6) is 23.0 Å². The van der Waals surface area contributed by atoms with Crippen LogP contribution in [0.3, 0.4) is 0 Å². The number of ether oxygens (including phenoxy) is 2. The monoisotopic (exact) mass is 422 g/mol. The fourth-order valence-corrected chi connectivity index (χ4v) is 3.32. The summed E-state index contributed by atoms with van der Waals surface area (Å²) >= 11 is 0. The molecule has 7 N–H and O–H groups in total. The van der Waals surface area contributed by atoms with Gasteiger partial charge in [-0.1, -0.05) is 0 Å². The van der Waals surface area contributed by atoms with Crippen molar-refractivity contribution >= 4 is 21.9 Å². The average molecular weight is 422 g/mol. The molecule has 2 aromatic carbocycles. The van der Waals surface area contributed by atoms with Crippen LogP contribution in [0, 0.1) is 0 Å². The van der Waals surface area contributed by atoms with Gasteiger partial charge in [0.2, 0.25) is 11.7 Å². The second kappa shape index (κ2) is 7.31. The second-order valence-corrected chi connectivity index (χ2v) is 6.87. The quantitative estimate of drug-likeness (QED) is 0.207. The van der Waals surface area contributed by atoms with Crippen LogP contribution in [0.15, 0.2) is 33.5 Å². The molecule has 0 spiro atoms. The summed E-state index contributed by atoms with van der Waals surface area (Å²) in [6, 6.07) is 4.55. The van der Waals surface area contributed by atoms with Crippen molar-refractivity contribution < 1.29 is 49.6 Å². The molecule has 11 heteroatoms. The van der Waals surface area contributed by atoms with Crippen molar-refractivity contribution in [3.63, 3.8) is 0 Å². The number of aliphatic hydroxyl groups excluding tert-OH is 4. The fraction of sp³-hybridized carbons (Fsp3) is 0.316. The summed E-state index contributed by atoms with van der Waals surface area (Å²) < 4.78 is 16.1. The molecule has 4 rings (SSSR count). The highest BCUT2D eigenvalue weighted by Crippen LogP contribution is 2.37. The lowest BCUT2D eigenvalue weighted by Gasteiger charge is -2.39. The van der Waals surface area contributed by atoms with Gasteiger partial charge in [-0.2, -0.15) is 0 Å². The lowest BCUT2D eigenvalue weighted by Crippen LogP contribution is -2.60. The zero-order valence-corrected chi connectivity index (χ0v) is 15.2. The van der Waals surface area contributed by atoms with E-state index in [1.165, 1.54) is 12.1 Å². The van der Waals surface area contributed by atoms with Gasteiger partial charge in [0.05, 0.1) is 12.0 Å². The molecule has 0 radical (unpaired) electrons. The predicted octanol–water partition coefficient (Wildman–Crippen LogP) is -0.758. The Balaban J connectivity index is 1.78. The third kappa shape index (κ3) is 3.09. The maximum atomic E-state index is 12.8. The number of hydrogen-bond donors (Lipinski definition) is 7. The van der Waals surface area contributed by atoms with E-state index >= 15 is 0 Å². The molecule has 1 aliphatic heterocycles. The first kappa shape index (κ1) is 20.2. The Kier molecular flexibility index (Phi) is 4.92. The lowest BCUT2D eigenvalue weighted by atomic mass is 9.99. The van der Waals surface area contributed by atoms with Gasteiger partial charge in [-0.15, -0.1) is 0 Å². The van der Waals surface area contributed by atoms with Crippen LogP contribution in [0.1, 0.15) is 0 Å². The van der Waals surface area contributed by atoms with Gasteiger partial charge < -0.3 is 49.6 Å². The molecule has 0 saturated carbocycles. The first-order valence-electron chi connectivity index (χ1n) is 8.84. The number of phenolic OH excluding ortho intramolecular Hbond substituents is 3. The Hall–Kier alpha value is -3.09. The van der Waals surface area contributed by atoms with Crippen LogP contribution in [0.4, 0.5) is 0 Å². The van der Waals surface area contributed by atoms with Crippen LogP contribution in [0.2, 0.25) is 0 Å². The highest BCUT2D eigenvalue weighted by atomic mass is 16.7. The van der Waals surface area contributed by atoms with Crippen molar-refractivity contribution in [3.8, 4) is 23.0 Å². The molecule has 11 nitrogen and oxygen atoms in total. The van der Waals surface area contributed by atoms with Gasteiger partial charge in [0.15, 0.2) is 23.0 Å². The molecule has 0 unspecified atom stereocenters. The Labute approximate surface area is 167 Å². The number of fused-ring (bicyclic) bond motifs is 2. The molecule has 0 bridgehead atoms. The normalized spacial score (nSPS) is 26.9. The first-order chi connectivity index (χ1) is 14.2. The summed E-state index contributed by atoms with van der Waals surface area (Å²) in [4.78, 5) is 12.8. The van der Waals surface area contributed by atoms with Gasteiger partial charge in [0, 0.05) is 6.07 Å². The number of benzene rings is 2. The van der Waals surface area contributed by atoms with Gasteiger partial charge >= 0.3 is 0 Å². The highest BCUT2D eigenvalue weighted by molar-refractivity contribution is 5.95. The molecule has 5 atom stereocenters. The molecule has 160 valence electrons. The standard InChI is InChI=1S/C19H18O11/c20-5-12-16(25)17(26)18(27)19(30-12)29-10-2-1-9-13(15(10)24)14(23)6-3-7(21)8(22)4-11(6)28-9/h1-4,12,16-22,24-27H,5H2/t12-,16-,17+,18-,19-/m1/s1. The molecule has 3 aromatic rings. The zero-order chi connectivity index (χ0) is 21.7. The Morgan fingerprint density at radius 3 is 2.33 bits per heavy atom. The van der Waals surface area contributed by atoms with E-state index in [1.807, 2.05) is 0 Å². The summed E-state index contributed by atoms with van der Waals surface area (Å²) in [7, 11) is 0. The zero-order valence-electron chi connectivity index (χ0n) is 15.2. The minimum Gasteiger partial charge on any atom is -0.504 e. The van der Waals surface area contributed by atoms with Crippen molar-refractivity contribution in [1.29, 1.82) is 0 Å². The van der Waals surface area contributed by atoms with Crippen molar-refractivity contribution in [2.24, 2.45) is 0 Å². The van der Waals surface area contributed by atoms with E-state index < -0.39 is 60.0 Å². The fourth-order valence-electron chi connectivity index (χ4n) is 3.32. The van der Waals surface area contributed by atoms with Gasteiger partial charge in [-0.3, -0.25) is 4.79 Å². The summed E-state index contributed by atoms with van der Waals surface area (Å²) in [6.45, 7) is -0.666. The van der Waals surface area contributed by atoms with E-state index in [1.54, 1.807) is 0 Å². The van der Waals surface area contributed by atoms with Crippen molar-refractivity contribution in [1.82, 2.24) is 0 Å². The van der Waals surface area contributed by atoms with E-state index in [-0.39, 0.29) is 27.7 Å². The minimum atomic E-state index is -1.72. The molecule has 0 aliphatic carbocycles. The largest absolute Gasteiger partial charge is 0.504 e. The highest BCUT2D eigenvalue weighted by Gasteiger charge is 2.45. The summed E-state index contributed by atoms with van der Waals surface area (Å²) in [6.07, 6.45) is -7.78. The van der Waals surface area contributed by atoms with Gasteiger partial charge in [0.1, 0.15) is 41.0 Å². The molecule has 1 fully saturated rings. The number of aromatic hydroxyl groups is 3. The molecule has 1 saturated heterocycles. The van der Waals surface area contributed by atoms with Crippen molar-refractivity contribution in [2.75, 3.05) is 6.61 Å². The molecule has 2 heterocycles. The van der Waals surface area contributed by atoms with E-state index in [4.69, 9.17) is 13.9 Å². The Bertz CT molecular complexity index is 1170. The third-order valence-corrected chi connectivity index (χ3v) is 4.96. The average Bonchev–Trinajstić information content (AvgIpc) is 2.71. The summed E-state index contributed by atoms with van der Waals surface area (Å²) in [5.41, 5.74) is -0.792. The van der Waals surface area contributed by atoms with Crippen LogP contribution >= 0.6 is 0 Å². The SMILES string of the molecule is O=c1c2cc(O)c(O)cc2oc2ccc(O[C@@H]3O[C@H](CO)[C@@H](O)[C@H](O)[C@H]3O)c(O)c12. The molecule has 1 aliphatic rings. The summed E-state index contributed by atoms with van der Waals surface area (Å²) in [5.74, 6) is -2.01. The summed E-state index contributed by atoms with van der Waals surface area (Å²) in [5, 5.41) is 68.4. The second-order valence-electron chi connectivity index (χ2n) is 6.87. The van der Waals surface area contributed by atoms with Crippen molar-refractivity contribution in [3.05, 3.63) is 34.5 Å². The maximum absolute atomic E-state index is 12.8. The molecule has 30 heavy (non-hydrogen) atoms. The number of phenols is 3. The number of rotatable bonds is 3. The first-order valence-corrected chi connectivity index (χ1v) is 8.84. The predicted molar refractivity (Wildman–Crippen MR) is 99.4 cm³/mol. The Morgan fingerprint density at radius 1 is 0.933 bits per heavy atom. The van der Waals surface area contributed by atoms with Crippen LogP contribution in [-0.2, 0) is 4.74 Å². The third-order valence-electron chi connectivity index (χ3n) is 4.96. The maximum Gasteiger partial charge on any atom is 0.229 e. The topological polar surface area (TPSA) is 190 Å². The van der Waals surface area contributed by atoms with E-state index in [2.05, 4.69) is 0 Å². The van der Waals surface area contributed by atoms with Gasteiger partial charge in [-0.05, 0) is 18.2 Å². The van der Waals surface area contributed by atoms with Crippen LogP contribution in [0.25, 0.3) is 21.9 Å². The van der Waals surface area contributed by atoms with E-state index in [0.717, 1.165) is 12.1 Å². The smallest absolute Gasteiger partial charge is 0.229 e. The minimum absolute atomic E-state index is 0.0233.